The molecular formula is C16H14F2O. The molecule has 0 atom stereocenters. The van der Waals surface area contributed by atoms with E-state index in [1.165, 1.54) is 6.07 Å². The van der Waals surface area contributed by atoms with Gasteiger partial charge in [0, 0.05) is 18.1 Å². The van der Waals surface area contributed by atoms with E-state index in [-0.39, 0.29) is 17.8 Å². The summed E-state index contributed by atoms with van der Waals surface area (Å²) < 4.78 is 26.3. The van der Waals surface area contributed by atoms with Crippen molar-refractivity contribution in [2.24, 2.45) is 0 Å². The molecule has 0 heterocycles. The van der Waals surface area contributed by atoms with E-state index in [1.807, 2.05) is 19.9 Å². The van der Waals surface area contributed by atoms with Crippen molar-refractivity contribution in [1.29, 1.82) is 0 Å². The van der Waals surface area contributed by atoms with Crippen LogP contribution >= 0.6 is 0 Å². The van der Waals surface area contributed by atoms with Crippen LogP contribution in [0.3, 0.4) is 0 Å². The van der Waals surface area contributed by atoms with Crippen molar-refractivity contribution in [2.45, 2.75) is 20.3 Å². The van der Waals surface area contributed by atoms with Crippen molar-refractivity contribution < 1.29 is 13.6 Å². The molecule has 3 heteroatoms. The lowest BCUT2D eigenvalue weighted by Crippen LogP contribution is -2.06. The Balaban J connectivity index is 2.23. The molecule has 2 aromatic carbocycles. The summed E-state index contributed by atoms with van der Waals surface area (Å²) in [7, 11) is 0. The number of halogens is 2. The Bertz CT molecular complexity index is 633. The molecule has 0 N–H and O–H groups in total. The van der Waals surface area contributed by atoms with E-state index in [1.54, 1.807) is 12.1 Å². The monoisotopic (exact) mass is 260 g/mol. The van der Waals surface area contributed by atoms with Crippen LogP contribution in [0.4, 0.5) is 8.78 Å². The zero-order valence-corrected chi connectivity index (χ0v) is 10.8. The molecule has 1 nitrogen and oxygen atoms in total. The molecule has 0 aliphatic heterocycles. The molecule has 0 amide bonds. The number of benzene rings is 2. The molecule has 0 fully saturated rings. The Labute approximate surface area is 110 Å². The zero-order valence-electron chi connectivity index (χ0n) is 10.8. The van der Waals surface area contributed by atoms with E-state index in [0.29, 0.717) is 5.56 Å². The van der Waals surface area contributed by atoms with E-state index in [4.69, 9.17) is 0 Å². The summed E-state index contributed by atoms with van der Waals surface area (Å²) in [5.41, 5.74) is 2.88. The van der Waals surface area contributed by atoms with Crippen molar-refractivity contribution in [3.05, 3.63) is 70.3 Å². The first-order valence-corrected chi connectivity index (χ1v) is 6.02. The average Bonchev–Trinajstić information content (AvgIpc) is 2.36. The fourth-order valence-electron chi connectivity index (χ4n) is 1.85. The van der Waals surface area contributed by atoms with Crippen LogP contribution in [0.5, 0.6) is 0 Å². The number of aryl methyl sites for hydroxylation is 2. The Morgan fingerprint density at radius 1 is 1.00 bits per heavy atom. The molecule has 98 valence electrons. The molecule has 0 bridgehead atoms. The third kappa shape index (κ3) is 3.05. The summed E-state index contributed by atoms with van der Waals surface area (Å²) in [6.07, 6.45) is -0.0609. The molecule has 2 rings (SSSR count). The highest BCUT2D eigenvalue weighted by Crippen LogP contribution is 2.15. The number of hydrogen-bond acceptors (Lipinski definition) is 1. The maximum atomic E-state index is 13.5. The largest absolute Gasteiger partial charge is 0.294 e. The van der Waals surface area contributed by atoms with Gasteiger partial charge in [0.25, 0.3) is 0 Å². The molecule has 0 aliphatic rings. The van der Waals surface area contributed by atoms with E-state index >= 15 is 0 Å². The lowest BCUT2D eigenvalue weighted by molar-refractivity contribution is 0.0991. The molecular weight excluding hydrogens is 246 g/mol. The Morgan fingerprint density at radius 3 is 2.37 bits per heavy atom. The van der Waals surface area contributed by atoms with Gasteiger partial charge in [-0.1, -0.05) is 18.2 Å². The summed E-state index contributed by atoms with van der Waals surface area (Å²) in [6, 6.07) is 8.65. The highest BCUT2D eigenvalue weighted by Gasteiger charge is 2.11. The minimum atomic E-state index is -0.683. The summed E-state index contributed by atoms with van der Waals surface area (Å²) in [4.78, 5) is 12.1. The van der Waals surface area contributed by atoms with Gasteiger partial charge in [-0.15, -0.1) is 0 Å². The first-order chi connectivity index (χ1) is 8.97. The van der Waals surface area contributed by atoms with Gasteiger partial charge >= 0.3 is 0 Å². The lowest BCUT2D eigenvalue weighted by atomic mass is 9.99. The topological polar surface area (TPSA) is 17.1 Å². The molecule has 0 saturated carbocycles. The average molecular weight is 260 g/mol. The Kier molecular flexibility index (Phi) is 3.74. The van der Waals surface area contributed by atoms with E-state index < -0.39 is 11.6 Å². The smallest absolute Gasteiger partial charge is 0.167 e. The predicted octanol–water partition coefficient (Wildman–Crippen LogP) is 4.01. The van der Waals surface area contributed by atoms with Crippen molar-refractivity contribution in [1.82, 2.24) is 0 Å². The van der Waals surface area contributed by atoms with Gasteiger partial charge in [0.05, 0.1) is 0 Å². The van der Waals surface area contributed by atoms with Crippen molar-refractivity contribution in [3.8, 4) is 0 Å². The fourth-order valence-corrected chi connectivity index (χ4v) is 1.85. The first-order valence-electron chi connectivity index (χ1n) is 6.02. The fraction of sp³-hybridized carbons (Fsp3) is 0.188. The quantitative estimate of drug-likeness (QED) is 0.762. The van der Waals surface area contributed by atoms with E-state index in [9.17, 15) is 13.6 Å². The molecule has 0 unspecified atom stereocenters. The van der Waals surface area contributed by atoms with Gasteiger partial charge in [-0.2, -0.15) is 0 Å². The zero-order chi connectivity index (χ0) is 14.0. The van der Waals surface area contributed by atoms with Crippen LogP contribution in [0.2, 0.25) is 0 Å². The summed E-state index contributed by atoms with van der Waals surface area (Å²) in [6.45, 7) is 3.88. The van der Waals surface area contributed by atoms with E-state index in [0.717, 1.165) is 23.3 Å². The van der Waals surface area contributed by atoms with Crippen molar-refractivity contribution in [3.63, 3.8) is 0 Å². The minimum Gasteiger partial charge on any atom is -0.294 e. The second-order valence-electron chi connectivity index (χ2n) is 4.63. The van der Waals surface area contributed by atoms with E-state index in [2.05, 4.69) is 0 Å². The SMILES string of the molecule is Cc1ccc(C(=O)Cc2ccc(F)cc2F)cc1C. The standard InChI is InChI=1S/C16H14F2O/c1-10-3-4-13(7-11(10)2)16(19)8-12-5-6-14(17)9-15(12)18/h3-7,9H,8H2,1-2H3. The molecule has 0 spiro atoms. The Hall–Kier alpha value is -2.03. The predicted molar refractivity (Wildman–Crippen MR) is 70.3 cm³/mol. The van der Waals surface area contributed by atoms with Gasteiger partial charge in [-0.25, -0.2) is 8.78 Å². The number of carbonyl (C=O) groups is 1. The highest BCUT2D eigenvalue weighted by molar-refractivity contribution is 5.97. The summed E-state index contributed by atoms with van der Waals surface area (Å²) >= 11 is 0. The second-order valence-corrected chi connectivity index (χ2v) is 4.63. The van der Waals surface area contributed by atoms with Gasteiger partial charge in [-0.05, 0) is 42.7 Å². The third-order valence-electron chi connectivity index (χ3n) is 3.20. The van der Waals surface area contributed by atoms with Gasteiger partial charge < -0.3 is 0 Å². The maximum Gasteiger partial charge on any atom is 0.167 e. The minimum absolute atomic E-state index is 0.0609. The number of rotatable bonds is 3. The molecule has 2 aromatic rings. The molecule has 19 heavy (non-hydrogen) atoms. The second kappa shape index (κ2) is 5.31. The van der Waals surface area contributed by atoms with Crippen LogP contribution in [0.1, 0.15) is 27.0 Å². The molecule has 0 saturated heterocycles. The van der Waals surface area contributed by atoms with Crippen LogP contribution < -0.4 is 0 Å². The molecule has 0 radical (unpaired) electrons. The van der Waals surface area contributed by atoms with Gasteiger partial charge in [0.1, 0.15) is 11.6 Å². The first kappa shape index (κ1) is 13.4. The lowest BCUT2D eigenvalue weighted by Gasteiger charge is -2.06. The van der Waals surface area contributed by atoms with Gasteiger partial charge in [-0.3, -0.25) is 4.79 Å². The number of carbonyl (C=O) groups excluding carboxylic acids is 1. The van der Waals surface area contributed by atoms with Crippen LogP contribution in [-0.4, -0.2) is 5.78 Å². The Morgan fingerprint density at radius 2 is 1.74 bits per heavy atom. The molecule has 0 aromatic heterocycles. The maximum absolute atomic E-state index is 13.5. The third-order valence-corrected chi connectivity index (χ3v) is 3.20. The number of hydrogen-bond donors (Lipinski definition) is 0. The van der Waals surface area contributed by atoms with Gasteiger partial charge in [0.2, 0.25) is 0 Å². The van der Waals surface area contributed by atoms with Crippen LogP contribution in [0.25, 0.3) is 0 Å². The van der Waals surface area contributed by atoms with Crippen molar-refractivity contribution >= 4 is 5.78 Å². The van der Waals surface area contributed by atoms with Gasteiger partial charge in [0.15, 0.2) is 5.78 Å². The van der Waals surface area contributed by atoms with Crippen LogP contribution in [-0.2, 0) is 6.42 Å². The molecule has 0 aliphatic carbocycles. The number of Topliss-reactive ketones (excluding diaryl/α,β-unsaturated/α-hetero) is 1. The summed E-state index contributed by atoms with van der Waals surface area (Å²) in [5, 5.41) is 0. The van der Waals surface area contributed by atoms with Crippen molar-refractivity contribution in [2.75, 3.05) is 0 Å². The van der Waals surface area contributed by atoms with Crippen LogP contribution in [0, 0.1) is 25.5 Å². The summed E-state index contributed by atoms with van der Waals surface area (Å²) in [5.74, 6) is -1.49. The normalized spacial score (nSPS) is 10.5. The number of ketones is 1. The highest BCUT2D eigenvalue weighted by atomic mass is 19.1. The van der Waals surface area contributed by atoms with Crippen LogP contribution in [0.15, 0.2) is 36.4 Å².